The third kappa shape index (κ3) is 4.64. The highest BCUT2D eigenvalue weighted by molar-refractivity contribution is 8.00. The van der Waals surface area contributed by atoms with Gasteiger partial charge in [-0.05, 0) is 48.8 Å². The van der Waals surface area contributed by atoms with E-state index in [1.807, 2.05) is 11.8 Å². The second-order valence-electron chi connectivity index (χ2n) is 8.86. The zero-order chi connectivity index (χ0) is 21.9. The highest BCUT2D eigenvalue weighted by Gasteiger charge is 2.29. The van der Waals surface area contributed by atoms with E-state index < -0.39 is 0 Å². The molecule has 1 saturated carbocycles. The standard InChI is InChI=1S/C25H30N4OS2/c1-18(24(30)28-14-13-19-8-5-6-9-20(19)17-28)32-25-27-26-23(16-22-12-7-15-31-22)29(25)21-10-3-2-4-11-21/h5-9,12,15,18,21H,2-4,10-11,13-14,16-17H2,1H3/t18-/m0/s1. The first kappa shape index (κ1) is 21.7. The van der Waals surface area contributed by atoms with Crippen LogP contribution in [0.4, 0.5) is 0 Å². The summed E-state index contributed by atoms with van der Waals surface area (Å²) in [5.74, 6) is 1.23. The van der Waals surface area contributed by atoms with E-state index in [1.165, 1.54) is 48.1 Å². The van der Waals surface area contributed by atoms with E-state index in [-0.39, 0.29) is 11.2 Å². The molecule has 1 amide bonds. The molecule has 168 valence electrons. The van der Waals surface area contributed by atoms with Gasteiger partial charge in [-0.2, -0.15) is 0 Å². The number of fused-ring (bicyclic) bond motifs is 1. The Balaban J connectivity index is 1.33. The predicted octanol–water partition coefficient (Wildman–Crippen LogP) is 5.50. The highest BCUT2D eigenvalue weighted by atomic mass is 32.2. The molecule has 5 nitrogen and oxygen atoms in total. The minimum atomic E-state index is -0.179. The minimum absolute atomic E-state index is 0.179. The topological polar surface area (TPSA) is 51.0 Å². The molecule has 3 heterocycles. The Morgan fingerprint density at radius 1 is 1.12 bits per heavy atom. The summed E-state index contributed by atoms with van der Waals surface area (Å²) in [5.41, 5.74) is 2.64. The van der Waals surface area contributed by atoms with Gasteiger partial charge in [-0.1, -0.05) is 61.4 Å². The van der Waals surface area contributed by atoms with Gasteiger partial charge < -0.3 is 9.47 Å². The fourth-order valence-corrected chi connectivity index (χ4v) is 6.66. The Kier molecular flexibility index (Phi) is 6.64. The van der Waals surface area contributed by atoms with Crippen LogP contribution in [0.1, 0.15) is 66.9 Å². The van der Waals surface area contributed by atoms with Crippen molar-refractivity contribution in [2.75, 3.05) is 6.54 Å². The molecule has 5 rings (SSSR count). The number of amides is 1. The first-order valence-corrected chi connectivity index (χ1v) is 13.4. The SMILES string of the molecule is C[C@H](Sc1nnc(Cc2cccs2)n1C1CCCCC1)C(=O)N1CCc2ccccc2C1. The smallest absolute Gasteiger partial charge is 0.236 e. The maximum absolute atomic E-state index is 13.3. The number of thiophene rings is 1. The lowest BCUT2D eigenvalue weighted by molar-refractivity contribution is -0.131. The van der Waals surface area contributed by atoms with Crippen molar-refractivity contribution < 1.29 is 4.79 Å². The van der Waals surface area contributed by atoms with Crippen LogP contribution in [0.2, 0.25) is 0 Å². The molecule has 7 heteroatoms. The van der Waals surface area contributed by atoms with Crippen molar-refractivity contribution in [1.82, 2.24) is 19.7 Å². The Morgan fingerprint density at radius 3 is 2.72 bits per heavy atom. The van der Waals surface area contributed by atoms with Crippen LogP contribution in [-0.4, -0.2) is 37.4 Å². The van der Waals surface area contributed by atoms with Crippen LogP contribution in [0.25, 0.3) is 0 Å². The lowest BCUT2D eigenvalue weighted by Crippen LogP contribution is -2.40. The number of carbonyl (C=O) groups excluding carboxylic acids is 1. The molecular weight excluding hydrogens is 436 g/mol. The normalized spacial score (nSPS) is 17.8. The lowest BCUT2D eigenvalue weighted by Gasteiger charge is -2.31. The van der Waals surface area contributed by atoms with E-state index in [0.29, 0.717) is 12.6 Å². The van der Waals surface area contributed by atoms with Gasteiger partial charge in [0.1, 0.15) is 5.82 Å². The Hall–Kier alpha value is -2.12. The Morgan fingerprint density at radius 2 is 1.94 bits per heavy atom. The minimum Gasteiger partial charge on any atom is -0.337 e. The number of nitrogens with zero attached hydrogens (tertiary/aromatic N) is 4. The van der Waals surface area contributed by atoms with Crippen LogP contribution < -0.4 is 0 Å². The van der Waals surface area contributed by atoms with Gasteiger partial charge in [-0.15, -0.1) is 21.5 Å². The van der Waals surface area contributed by atoms with Crippen LogP contribution in [-0.2, 0) is 24.2 Å². The molecule has 3 aromatic rings. The molecule has 32 heavy (non-hydrogen) atoms. The van der Waals surface area contributed by atoms with Gasteiger partial charge in [0, 0.05) is 30.4 Å². The van der Waals surface area contributed by atoms with Crippen molar-refractivity contribution >= 4 is 29.0 Å². The molecule has 1 fully saturated rings. The molecule has 1 aliphatic carbocycles. The van der Waals surface area contributed by atoms with E-state index in [9.17, 15) is 4.79 Å². The van der Waals surface area contributed by atoms with Gasteiger partial charge >= 0.3 is 0 Å². The average molecular weight is 467 g/mol. The van der Waals surface area contributed by atoms with Crippen molar-refractivity contribution in [3.05, 3.63) is 63.6 Å². The first-order chi connectivity index (χ1) is 15.7. The number of thioether (sulfide) groups is 1. The highest BCUT2D eigenvalue weighted by Crippen LogP contribution is 2.35. The van der Waals surface area contributed by atoms with E-state index in [0.717, 1.165) is 30.4 Å². The summed E-state index contributed by atoms with van der Waals surface area (Å²) in [6, 6.07) is 13.2. The van der Waals surface area contributed by atoms with Crippen molar-refractivity contribution in [1.29, 1.82) is 0 Å². The molecule has 1 atom stereocenters. The van der Waals surface area contributed by atoms with E-state index >= 15 is 0 Å². The maximum Gasteiger partial charge on any atom is 0.236 e. The lowest BCUT2D eigenvalue weighted by atomic mass is 9.95. The third-order valence-corrected chi connectivity index (χ3v) is 8.58. The average Bonchev–Trinajstić information content (AvgIpc) is 3.49. The monoisotopic (exact) mass is 466 g/mol. The first-order valence-electron chi connectivity index (χ1n) is 11.7. The van der Waals surface area contributed by atoms with Crippen LogP contribution in [0, 0.1) is 0 Å². The van der Waals surface area contributed by atoms with Gasteiger partial charge in [0.2, 0.25) is 5.91 Å². The van der Waals surface area contributed by atoms with Crippen molar-refractivity contribution in [3.8, 4) is 0 Å². The van der Waals surface area contributed by atoms with Crippen LogP contribution in [0.3, 0.4) is 0 Å². The molecule has 0 saturated heterocycles. The van der Waals surface area contributed by atoms with Crippen molar-refractivity contribution in [2.24, 2.45) is 0 Å². The maximum atomic E-state index is 13.3. The second kappa shape index (κ2) is 9.79. The number of hydrogen-bond acceptors (Lipinski definition) is 5. The molecule has 2 aliphatic rings. The molecule has 1 aliphatic heterocycles. The molecule has 2 aromatic heterocycles. The summed E-state index contributed by atoms with van der Waals surface area (Å²) in [7, 11) is 0. The van der Waals surface area contributed by atoms with Crippen LogP contribution in [0.15, 0.2) is 46.9 Å². The summed E-state index contributed by atoms with van der Waals surface area (Å²) in [5, 5.41) is 12.0. The quantitative estimate of drug-likeness (QED) is 0.450. The fraction of sp³-hybridized carbons (Fsp3) is 0.480. The van der Waals surface area contributed by atoms with Gasteiger partial charge in [-0.3, -0.25) is 4.79 Å². The predicted molar refractivity (Wildman–Crippen MR) is 130 cm³/mol. The molecule has 0 bridgehead atoms. The summed E-state index contributed by atoms with van der Waals surface area (Å²) in [4.78, 5) is 16.6. The largest absolute Gasteiger partial charge is 0.337 e. The number of aromatic nitrogens is 3. The summed E-state index contributed by atoms with van der Waals surface area (Å²) in [6.45, 7) is 3.52. The molecule has 0 radical (unpaired) electrons. The Bertz CT molecular complexity index is 1060. The summed E-state index contributed by atoms with van der Waals surface area (Å²) in [6.07, 6.45) is 7.92. The van der Waals surface area contributed by atoms with Gasteiger partial charge in [0.05, 0.1) is 5.25 Å². The number of rotatable bonds is 6. The van der Waals surface area contributed by atoms with Crippen LogP contribution in [0.5, 0.6) is 0 Å². The van der Waals surface area contributed by atoms with Crippen molar-refractivity contribution in [3.63, 3.8) is 0 Å². The van der Waals surface area contributed by atoms with Crippen LogP contribution >= 0.6 is 23.1 Å². The molecule has 1 aromatic carbocycles. The summed E-state index contributed by atoms with van der Waals surface area (Å²) >= 11 is 3.35. The second-order valence-corrected chi connectivity index (χ2v) is 11.2. The molecule has 0 spiro atoms. The van der Waals surface area contributed by atoms with E-state index in [2.05, 4.69) is 56.5 Å². The van der Waals surface area contributed by atoms with E-state index in [1.54, 1.807) is 23.1 Å². The molecule has 0 unspecified atom stereocenters. The third-order valence-electron chi connectivity index (χ3n) is 6.66. The summed E-state index contributed by atoms with van der Waals surface area (Å²) < 4.78 is 2.36. The Labute approximate surface area is 198 Å². The number of benzene rings is 1. The van der Waals surface area contributed by atoms with Gasteiger partial charge in [0.15, 0.2) is 5.16 Å². The zero-order valence-electron chi connectivity index (χ0n) is 18.6. The van der Waals surface area contributed by atoms with Gasteiger partial charge in [0.25, 0.3) is 0 Å². The fourth-order valence-electron chi connectivity index (χ4n) is 4.93. The number of carbonyl (C=O) groups is 1. The molecular formula is C25H30N4OS2. The molecule has 0 N–H and O–H groups in total. The van der Waals surface area contributed by atoms with E-state index in [4.69, 9.17) is 0 Å². The van der Waals surface area contributed by atoms with Gasteiger partial charge in [-0.25, -0.2) is 0 Å². The zero-order valence-corrected chi connectivity index (χ0v) is 20.2. The number of hydrogen-bond donors (Lipinski definition) is 0. The van der Waals surface area contributed by atoms with Crippen molar-refractivity contribution in [2.45, 2.75) is 74.9 Å².